The van der Waals surface area contributed by atoms with Crippen molar-refractivity contribution < 1.29 is 17.6 Å². The van der Waals surface area contributed by atoms with E-state index in [1.165, 1.54) is 17.0 Å². The average molecular weight is 287 g/mol. The van der Waals surface area contributed by atoms with E-state index < -0.39 is 18.5 Å². The normalized spacial score (nSPS) is 17.1. The topological polar surface area (TPSA) is 30.3 Å². The van der Waals surface area contributed by atoms with Crippen LogP contribution in [0.25, 0.3) is 0 Å². The lowest BCUT2D eigenvalue weighted by Gasteiger charge is -2.36. The summed E-state index contributed by atoms with van der Waals surface area (Å²) in [6, 6.07) is 5.97. The van der Waals surface area contributed by atoms with E-state index >= 15 is 0 Å². The van der Waals surface area contributed by atoms with Gasteiger partial charge in [0, 0.05) is 31.9 Å². The largest absolute Gasteiger partial charge is 0.401 e. The molecule has 0 aliphatic carbocycles. The number of halogens is 4. The Morgan fingerprint density at radius 3 is 2.30 bits per heavy atom. The van der Waals surface area contributed by atoms with Crippen LogP contribution in [0.2, 0.25) is 0 Å². The molecule has 1 aliphatic heterocycles. The molecule has 1 saturated heterocycles. The van der Waals surface area contributed by atoms with Crippen LogP contribution < -0.4 is 4.90 Å². The third-order valence-corrected chi connectivity index (χ3v) is 3.21. The number of nitriles is 1. The second-order valence-electron chi connectivity index (χ2n) is 4.65. The van der Waals surface area contributed by atoms with Crippen LogP contribution in [0.5, 0.6) is 0 Å². The molecule has 7 heteroatoms. The summed E-state index contributed by atoms with van der Waals surface area (Å²) in [7, 11) is 0. The third kappa shape index (κ3) is 3.61. The molecule has 0 bridgehead atoms. The van der Waals surface area contributed by atoms with Gasteiger partial charge in [-0.1, -0.05) is 0 Å². The van der Waals surface area contributed by atoms with E-state index in [2.05, 4.69) is 0 Å². The van der Waals surface area contributed by atoms with Gasteiger partial charge in [-0.15, -0.1) is 0 Å². The Bertz CT molecular complexity index is 513. The van der Waals surface area contributed by atoms with Gasteiger partial charge in [0.1, 0.15) is 11.9 Å². The van der Waals surface area contributed by atoms with Crippen molar-refractivity contribution in [1.29, 1.82) is 5.26 Å². The van der Waals surface area contributed by atoms with E-state index in [1.54, 1.807) is 12.1 Å². The van der Waals surface area contributed by atoms with Crippen molar-refractivity contribution in [1.82, 2.24) is 4.90 Å². The van der Waals surface area contributed by atoms with Gasteiger partial charge in [-0.25, -0.2) is 4.39 Å². The van der Waals surface area contributed by atoms with Crippen molar-refractivity contribution in [3.63, 3.8) is 0 Å². The molecule has 0 spiro atoms. The number of piperazine rings is 1. The minimum Gasteiger partial charge on any atom is -0.369 e. The molecule has 1 aliphatic rings. The molecule has 0 atom stereocenters. The smallest absolute Gasteiger partial charge is 0.369 e. The van der Waals surface area contributed by atoms with Crippen LogP contribution >= 0.6 is 0 Å². The molecule has 1 heterocycles. The minimum absolute atomic E-state index is 0.0375. The Balaban J connectivity index is 1.97. The number of rotatable bonds is 2. The molecular formula is C13H13F4N3. The molecule has 0 saturated carbocycles. The Morgan fingerprint density at radius 1 is 1.15 bits per heavy atom. The van der Waals surface area contributed by atoms with Gasteiger partial charge in [0.25, 0.3) is 0 Å². The van der Waals surface area contributed by atoms with Gasteiger partial charge in [-0.3, -0.25) is 4.90 Å². The van der Waals surface area contributed by atoms with Gasteiger partial charge >= 0.3 is 6.18 Å². The lowest BCUT2D eigenvalue weighted by atomic mass is 10.2. The van der Waals surface area contributed by atoms with Crippen LogP contribution in [0.4, 0.5) is 23.2 Å². The monoisotopic (exact) mass is 287 g/mol. The van der Waals surface area contributed by atoms with E-state index in [0.717, 1.165) is 0 Å². The Hall–Kier alpha value is -1.81. The third-order valence-electron chi connectivity index (χ3n) is 3.21. The zero-order chi connectivity index (χ0) is 14.8. The molecule has 1 aromatic rings. The molecule has 1 fully saturated rings. The standard InChI is InChI=1S/C13H13F4N3/c14-12-7-11(2-1-10(12)8-18)20-5-3-19(4-6-20)9-13(15,16)17/h1-2,7H,3-6,9H2. The first-order valence-electron chi connectivity index (χ1n) is 6.13. The summed E-state index contributed by atoms with van der Waals surface area (Å²) in [5.41, 5.74) is 0.553. The zero-order valence-electron chi connectivity index (χ0n) is 10.6. The van der Waals surface area contributed by atoms with Crippen molar-refractivity contribution >= 4 is 5.69 Å². The van der Waals surface area contributed by atoms with E-state index in [-0.39, 0.29) is 18.7 Å². The maximum Gasteiger partial charge on any atom is 0.401 e. The summed E-state index contributed by atoms with van der Waals surface area (Å²) >= 11 is 0. The van der Waals surface area contributed by atoms with Crippen LogP contribution in [0.1, 0.15) is 5.56 Å². The molecule has 20 heavy (non-hydrogen) atoms. The molecule has 0 radical (unpaired) electrons. The van der Waals surface area contributed by atoms with Crippen LogP contribution in [0.15, 0.2) is 18.2 Å². The summed E-state index contributed by atoms with van der Waals surface area (Å²) in [4.78, 5) is 3.15. The van der Waals surface area contributed by atoms with Crippen molar-refractivity contribution in [2.45, 2.75) is 6.18 Å². The molecule has 1 aromatic carbocycles. The molecule has 0 aromatic heterocycles. The van der Waals surface area contributed by atoms with Gasteiger partial charge in [-0.2, -0.15) is 18.4 Å². The lowest BCUT2D eigenvalue weighted by molar-refractivity contribution is -0.146. The zero-order valence-corrected chi connectivity index (χ0v) is 10.6. The maximum absolute atomic E-state index is 13.5. The van der Waals surface area contributed by atoms with Crippen LogP contribution in [0, 0.1) is 17.1 Å². The molecule has 0 amide bonds. The lowest BCUT2D eigenvalue weighted by Crippen LogP contribution is -2.49. The fraction of sp³-hybridized carbons (Fsp3) is 0.462. The number of hydrogen-bond acceptors (Lipinski definition) is 3. The number of alkyl halides is 3. The highest BCUT2D eigenvalue weighted by Crippen LogP contribution is 2.22. The average Bonchev–Trinajstić information content (AvgIpc) is 2.37. The fourth-order valence-corrected chi connectivity index (χ4v) is 2.21. The highest BCUT2D eigenvalue weighted by atomic mass is 19.4. The highest BCUT2D eigenvalue weighted by Gasteiger charge is 2.32. The van der Waals surface area contributed by atoms with Gasteiger partial charge in [0.15, 0.2) is 0 Å². The van der Waals surface area contributed by atoms with Crippen LogP contribution in [-0.2, 0) is 0 Å². The predicted molar refractivity (Wildman–Crippen MR) is 65.8 cm³/mol. The quantitative estimate of drug-likeness (QED) is 0.782. The Morgan fingerprint density at radius 2 is 1.80 bits per heavy atom. The Labute approximate surface area is 114 Å². The molecule has 0 unspecified atom stereocenters. The minimum atomic E-state index is -4.19. The fourth-order valence-electron chi connectivity index (χ4n) is 2.21. The summed E-state index contributed by atoms with van der Waals surface area (Å²) in [6.45, 7) is 0.452. The highest BCUT2D eigenvalue weighted by molar-refractivity contribution is 5.50. The van der Waals surface area contributed by atoms with Crippen molar-refractivity contribution in [2.24, 2.45) is 0 Å². The van der Waals surface area contributed by atoms with Crippen LogP contribution in [0.3, 0.4) is 0 Å². The summed E-state index contributed by atoms with van der Waals surface area (Å²) < 4.78 is 50.3. The number of benzene rings is 1. The van der Waals surface area contributed by atoms with E-state index in [0.29, 0.717) is 18.8 Å². The van der Waals surface area contributed by atoms with E-state index in [1.807, 2.05) is 4.90 Å². The second kappa shape index (κ2) is 5.67. The van der Waals surface area contributed by atoms with Gasteiger partial charge in [0.05, 0.1) is 12.1 Å². The second-order valence-corrected chi connectivity index (χ2v) is 4.65. The molecule has 2 rings (SSSR count). The van der Waals surface area contributed by atoms with E-state index in [4.69, 9.17) is 5.26 Å². The number of nitrogens with zero attached hydrogens (tertiary/aromatic N) is 3. The van der Waals surface area contributed by atoms with Crippen molar-refractivity contribution in [3.05, 3.63) is 29.6 Å². The van der Waals surface area contributed by atoms with Crippen molar-refractivity contribution in [3.8, 4) is 6.07 Å². The van der Waals surface area contributed by atoms with Crippen molar-refractivity contribution in [2.75, 3.05) is 37.6 Å². The number of anilines is 1. The Kier molecular flexibility index (Phi) is 4.14. The molecular weight excluding hydrogens is 274 g/mol. The predicted octanol–water partition coefficient (Wildman–Crippen LogP) is 2.38. The summed E-state index contributed by atoms with van der Waals surface area (Å²) in [5, 5.41) is 8.65. The van der Waals surface area contributed by atoms with Gasteiger partial charge < -0.3 is 4.90 Å². The SMILES string of the molecule is N#Cc1ccc(N2CCN(CC(F)(F)F)CC2)cc1F. The first-order chi connectivity index (χ1) is 9.39. The van der Waals surface area contributed by atoms with Crippen LogP contribution in [-0.4, -0.2) is 43.8 Å². The maximum atomic E-state index is 13.5. The summed E-state index contributed by atoms with van der Waals surface area (Å²) in [5.74, 6) is -0.609. The van der Waals surface area contributed by atoms with Gasteiger partial charge in [-0.05, 0) is 18.2 Å². The first-order valence-corrected chi connectivity index (χ1v) is 6.13. The van der Waals surface area contributed by atoms with Gasteiger partial charge in [0.2, 0.25) is 0 Å². The molecule has 3 nitrogen and oxygen atoms in total. The first kappa shape index (κ1) is 14.6. The van der Waals surface area contributed by atoms with E-state index in [9.17, 15) is 17.6 Å². The molecule has 0 N–H and O–H groups in total. The number of hydrogen-bond donors (Lipinski definition) is 0. The molecule has 108 valence electrons. The summed E-state index contributed by atoms with van der Waals surface area (Å²) in [6.07, 6.45) is -4.19.